The van der Waals surface area contributed by atoms with E-state index in [1.54, 1.807) is 0 Å². The maximum atomic E-state index is 14.8. The predicted molar refractivity (Wildman–Crippen MR) is 150 cm³/mol. The Morgan fingerprint density at radius 1 is 1.02 bits per heavy atom. The highest BCUT2D eigenvalue weighted by molar-refractivity contribution is 7.85. The molecule has 2 amide bonds. The first-order valence-corrected chi connectivity index (χ1v) is 15.2. The minimum absolute atomic E-state index is 0.00415. The number of carbonyl (C=O) groups excluding carboxylic acids is 2. The Morgan fingerprint density at radius 3 is 2.44 bits per heavy atom. The number of hydrogen-bond donors (Lipinski definition) is 4. The second kappa shape index (κ2) is 9.49. The average molecular weight is 611 g/mol. The number of fused-ring (bicyclic) bond motifs is 10. The largest absolute Gasteiger partial charge is 0.390 e. The number of rotatable bonds is 5. The van der Waals surface area contributed by atoms with E-state index >= 15 is 0 Å². The van der Waals surface area contributed by atoms with E-state index in [1.807, 2.05) is 0 Å². The average Bonchev–Trinajstić information content (AvgIpc) is 3.57. The molecule has 0 saturated carbocycles. The molecule has 3 aromatic carbocycles. The number of aliphatic hydroxyl groups excluding tert-OH is 2. The zero-order chi connectivity index (χ0) is 30.5. The van der Waals surface area contributed by atoms with Crippen LogP contribution in [0.15, 0.2) is 49.1 Å². The molecule has 1 saturated heterocycles. The summed E-state index contributed by atoms with van der Waals surface area (Å²) >= 11 is 0. The third-order valence-corrected chi connectivity index (χ3v) is 9.11. The Kier molecular flexibility index (Phi) is 6.14. The molecule has 0 radical (unpaired) electrons. The van der Waals surface area contributed by atoms with E-state index < -0.39 is 76.4 Å². The van der Waals surface area contributed by atoms with Gasteiger partial charge in [-0.15, -0.1) is 6.58 Å². The molecular weight excluding hydrogens is 586 g/mol. The van der Waals surface area contributed by atoms with Crippen molar-refractivity contribution < 1.29 is 45.9 Å². The van der Waals surface area contributed by atoms with Crippen LogP contribution in [0, 0.1) is 17.6 Å². The molecule has 7 rings (SSSR count). The van der Waals surface area contributed by atoms with E-state index in [0.717, 1.165) is 6.26 Å². The van der Waals surface area contributed by atoms with Gasteiger partial charge in [-0.25, -0.2) is 8.78 Å². The van der Waals surface area contributed by atoms with Gasteiger partial charge in [0.05, 0.1) is 41.7 Å². The minimum Gasteiger partial charge on any atom is -0.390 e. The molecule has 0 bridgehead atoms. The minimum atomic E-state index is -3.93. The number of benzene rings is 3. The topological polar surface area (TPSA) is 155 Å². The molecule has 3 heterocycles. The Hall–Kier alpha value is -4.01. The first kappa shape index (κ1) is 27.8. The van der Waals surface area contributed by atoms with Gasteiger partial charge in [0, 0.05) is 33.7 Å². The second-order valence-corrected chi connectivity index (χ2v) is 12.7. The summed E-state index contributed by atoms with van der Waals surface area (Å²) in [4.78, 5) is 29.8. The molecule has 1 aliphatic carbocycles. The van der Waals surface area contributed by atoms with Gasteiger partial charge < -0.3 is 19.9 Å². The fourth-order valence-corrected chi connectivity index (χ4v) is 7.22. The zero-order valence-electron chi connectivity index (χ0n) is 22.4. The number of ether oxygens (including phenoxy) is 1. The van der Waals surface area contributed by atoms with Gasteiger partial charge in [-0.2, -0.15) is 8.42 Å². The molecule has 0 spiro atoms. The molecule has 10 nitrogen and oxygen atoms in total. The van der Waals surface area contributed by atoms with Gasteiger partial charge >= 0.3 is 0 Å². The third-order valence-electron chi connectivity index (χ3n) is 8.54. The molecule has 1 fully saturated rings. The van der Waals surface area contributed by atoms with Crippen molar-refractivity contribution in [2.45, 2.75) is 30.3 Å². The number of carbonyl (C=O) groups is 2. The van der Waals surface area contributed by atoms with Crippen LogP contribution in [0.2, 0.25) is 0 Å². The van der Waals surface area contributed by atoms with Crippen molar-refractivity contribution in [3.63, 3.8) is 0 Å². The zero-order valence-corrected chi connectivity index (χ0v) is 23.2. The normalized spacial score (nSPS) is 26.4. The van der Waals surface area contributed by atoms with Crippen LogP contribution in [0.3, 0.4) is 0 Å². The summed E-state index contributed by atoms with van der Waals surface area (Å²) in [6, 6.07) is 7.95. The van der Waals surface area contributed by atoms with Crippen molar-refractivity contribution in [3.05, 3.63) is 82.9 Å². The van der Waals surface area contributed by atoms with Crippen LogP contribution in [-0.2, 0) is 19.0 Å². The molecule has 6 atom stereocenters. The van der Waals surface area contributed by atoms with Crippen molar-refractivity contribution >= 4 is 43.7 Å². The fourth-order valence-electron chi connectivity index (χ4n) is 6.84. The number of imide groups is 1. The number of aromatic nitrogens is 1. The van der Waals surface area contributed by atoms with Crippen LogP contribution in [0.25, 0.3) is 32.9 Å². The van der Waals surface area contributed by atoms with Gasteiger partial charge in [0.15, 0.2) is 0 Å². The van der Waals surface area contributed by atoms with Crippen molar-refractivity contribution in [1.29, 1.82) is 0 Å². The van der Waals surface area contributed by atoms with Crippen molar-refractivity contribution in [3.8, 4) is 11.1 Å². The summed E-state index contributed by atoms with van der Waals surface area (Å²) in [7, 11) is -3.93. The fraction of sp³-hybridized carbons (Fsp3) is 0.267. The van der Waals surface area contributed by atoms with E-state index in [9.17, 15) is 37.0 Å². The van der Waals surface area contributed by atoms with Crippen LogP contribution < -0.4 is 5.32 Å². The lowest BCUT2D eigenvalue weighted by Crippen LogP contribution is -2.56. The Labute approximate surface area is 243 Å². The van der Waals surface area contributed by atoms with Crippen molar-refractivity contribution in [2.75, 3.05) is 12.9 Å². The number of H-pyrrole nitrogens is 1. The number of nitrogens with one attached hydrogen (secondary N) is 2. The maximum absolute atomic E-state index is 14.8. The van der Waals surface area contributed by atoms with Gasteiger partial charge in [-0.05, 0) is 47.0 Å². The number of hydrogen-bond acceptors (Lipinski definition) is 8. The SMILES string of the molecule is C=C[C@@H]1[C@@H](O)[C@H](O)C(COS(C)(=O)=O)O[C@H]1C1c2ccc(F)cc2-c2c3c(c4c([nH]c5ccc(F)cc54)c21)C(=O)NC3=O. The first-order chi connectivity index (χ1) is 20.4. The van der Waals surface area contributed by atoms with E-state index in [4.69, 9.17) is 8.92 Å². The van der Waals surface area contributed by atoms with Gasteiger partial charge in [-0.1, -0.05) is 12.1 Å². The maximum Gasteiger partial charge on any atom is 0.264 e. The summed E-state index contributed by atoms with van der Waals surface area (Å²) in [5, 5.41) is 24.9. The van der Waals surface area contributed by atoms with Gasteiger partial charge in [0.1, 0.15) is 23.8 Å². The van der Waals surface area contributed by atoms with E-state index in [-0.39, 0.29) is 22.1 Å². The summed E-state index contributed by atoms with van der Waals surface area (Å²) in [6.07, 6.45) is -3.12. The molecule has 2 unspecified atom stereocenters. The molecular formula is C30H24F2N2O8S. The third kappa shape index (κ3) is 4.07. The highest BCUT2D eigenvalue weighted by Gasteiger charge is 2.51. The molecule has 43 heavy (non-hydrogen) atoms. The van der Waals surface area contributed by atoms with E-state index in [1.165, 1.54) is 42.5 Å². The standard InChI is InChI=1S/C30H24F2N2O8S/c1-3-13-26(35)27(36)18(10-41-43(2,39)40)42-28(13)21-14-6-4-11(31)8-15(14)19-22(21)25-20(24-23(19)29(37)34-30(24)38)16-9-12(32)5-7-17(16)33-25/h3-9,13,18,21,26-28,33,35-36H,1,10H2,2H3,(H,34,37,38)/t13-,18?,21?,26-,27-,28-/m1/s1. The van der Waals surface area contributed by atoms with Gasteiger partial charge in [0.25, 0.3) is 21.9 Å². The molecule has 3 aliphatic rings. The van der Waals surface area contributed by atoms with Gasteiger partial charge in [-0.3, -0.25) is 19.1 Å². The summed E-state index contributed by atoms with van der Waals surface area (Å²) in [6.45, 7) is 3.22. The monoisotopic (exact) mass is 610 g/mol. The Balaban J connectivity index is 1.54. The smallest absolute Gasteiger partial charge is 0.264 e. The predicted octanol–water partition coefficient (Wildman–Crippen LogP) is 2.86. The van der Waals surface area contributed by atoms with Crippen LogP contribution in [0.5, 0.6) is 0 Å². The molecule has 222 valence electrons. The van der Waals surface area contributed by atoms with Crippen LogP contribution in [0.4, 0.5) is 8.78 Å². The number of aromatic amines is 1. The molecule has 1 aromatic heterocycles. The summed E-state index contributed by atoms with van der Waals surface area (Å²) in [5.41, 5.74) is 2.36. The van der Waals surface area contributed by atoms with Crippen LogP contribution in [0.1, 0.15) is 37.8 Å². The van der Waals surface area contributed by atoms with Crippen LogP contribution >= 0.6 is 0 Å². The number of amides is 2. The lowest BCUT2D eigenvalue weighted by molar-refractivity contribution is -0.199. The Bertz CT molecular complexity index is 2020. The quantitative estimate of drug-likeness (QED) is 0.153. The highest BCUT2D eigenvalue weighted by Crippen LogP contribution is 2.56. The van der Waals surface area contributed by atoms with E-state index in [2.05, 4.69) is 16.9 Å². The van der Waals surface area contributed by atoms with Crippen LogP contribution in [-0.4, -0.2) is 72.7 Å². The summed E-state index contributed by atoms with van der Waals surface area (Å²) in [5.74, 6) is -4.36. The first-order valence-electron chi connectivity index (χ1n) is 13.3. The number of halogens is 2. The lowest BCUT2D eigenvalue weighted by Gasteiger charge is -2.44. The lowest BCUT2D eigenvalue weighted by atomic mass is 9.76. The summed E-state index contributed by atoms with van der Waals surface area (Å²) < 4.78 is 63.9. The molecule has 4 N–H and O–H groups in total. The van der Waals surface area contributed by atoms with E-state index in [0.29, 0.717) is 33.1 Å². The second-order valence-electron chi connectivity index (χ2n) is 11.0. The van der Waals surface area contributed by atoms with Crippen molar-refractivity contribution in [1.82, 2.24) is 10.3 Å². The molecule has 2 aliphatic heterocycles. The highest BCUT2D eigenvalue weighted by atomic mass is 32.2. The Morgan fingerprint density at radius 2 is 1.72 bits per heavy atom. The van der Waals surface area contributed by atoms with Gasteiger partial charge in [0.2, 0.25) is 0 Å². The number of aliphatic hydroxyl groups is 2. The molecule has 13 heteroatoms. The molecule has 4 aromatic rings. The van der Waals surface area contributed by atoms with Crippen molar-refractivity contribution in [2.24, 2.45) is 5.92 Å².